The molecule has 0 amide bonds. The van der Waals surface area contributed by atoms with Crippen molar-refractivity contribution in [2.75, 3.05) is 19.6 Å². The highest BCUT2D eigenvalue weighted by Gasteiger charge is 2.31. The van der Waals surface area contributed by atoms with Crippen molar-refractivity contribution in [2.24, 2.45) is 5.92 Å². The highest BCUT2D eigenvalue weighted by atomic mass is 19.4. The van der Waals surface area contributed by atoms with Crippen molar-refractivity contribution in [2.45, 2.75) is 32.4 Å². The molecule has 0 aromatic heterocycles. The minimum Gasteiger partial charge on any atom is -0.303 e. The maximum atomic E-state index is 12.5. The van der Waals surface area contributed by atoms with Gasteiger partial charge in [0.25, 0.3) is 0 Å². The molecule has 21 heavy (non-hydrogen) atoms. The molecular weight excluding hydrogens is 279 g/mol. The highest BCUT2D eigenvalue weighted by molar-refractivity contribution is 5.98. The van der Waals surface area contributed by atoms with E-state index in [-0.39, 0.29) is 11.7 Å². The van der Waals surface area contributed by atoms with Gasteiger partial charge in [-0.3, -0.25) is 4.79 Å². The van der Waals surface area contributed by atoms with Crippen LogP contribution in [0.25, 0.3) is 0 Å². The normalized spacial score (nSPS) is 20.5. The van der Waals surface area contributed by atoms with Crippen LogP contribution in [0, 0.1) is 5.92 Å². The Balaban J connectivity index is 2.05. The molecule has 0 N–H and O–H groups in total. The van der Waals surface area contributed by atoms with Gasteiger partial charge < -0.3 is 4.90 Å². The van der Waals surface area contributed by atoms with Gasteiger partial charge in [0.05, 0.1) is 5.56 Å². The minimum absolute atomic E-state index is 0.0375. The van der Waals surface area contributed by atoms with Crippen molar-refractivity contribution in [3.8, 4) is 0 Å². The molecule has 1 aromatic rings. The summed E-state index contributed by atoms with van der Waals surface area (Å²) >= 11 is 0. The second-order valence-corrected chi connectivity index (χ2v) is 5.58. The van der Waals surface area contributed by atoms with Crippen molar-refractivity contribution < 1.29 is 18.0 Å². The number of nitrogens with zero attached hydrogens (tertiary/aromatic N) is 1. The molecule has 0 aliphatic carbocycles. The largest absolute Gasteiger partial charge is 0.416 e. The SMILES string of the molecule is CCCN1CCCC(C(=O)c2ccc(C(F)(F)F)cc2)C1. The quantitative estimate of drug-likeness (QED) is 0.783. The number of piperidine rings is 1. The summed E-state index contributed by atoms with van der Waals surface area (Å²) in [6, 6.07) is 4.56. The second kappa shape index (κ2) is 6.60. The molecule has 0 spiro atoms. The Morgan fingerprint density at radius 1 is 1.29 bits per heavy atom. The summed E-state index contributed by atoms with van der Waals surface area (Å²) in [7, 11) is 0. The van der Waals surface area contributed by atoms with E-state index >= 15 is 0 Å². The molecule has 1 aliphatic heterocycles. The van der Waals surface area contributed by atoms with Crippen LogP contribution in [0.3, 0.4) is 0 Å². The van der Waals surface area contributed by atoms with E-state index in [0.29, 0.717) is 12.1 Å². The molecule has 1 aliphatic rings. The maximum Gasteiger partial charge on any atom is 0.416 e. The van der Waals surface area contributed by atoms with E-state index in [2.05, 4.69) is 11.8 Å². The fraction of sp³-hybridized carbons (Fsp3) is 0.562. The first kappa shape index (κ1) is 16.0. The first-order chi connectivity index (χ1) is 9.91. The third kappa shape index (κ3) is 4.06. The number of carbonyl (C=O) groups excluding carboxylic acids is 1. The van der Waals surface area contributed by atoms with Crippen LogP contribution in [0.1, 0.15) is 42.1 Å². The highest BCUT2D eigenvalue weighted by Crippen LogP contribution is 2.30. The smallest absolute Gasteiger partial charge is 0.303 e. The molecule has 5 heteroatoms. The van der Waals surface area contributed by atoms with Gasteiger partial charge in [-0.05, 0) is 44.5 Å². The lowest BCUT2D eigenvalue weighted by Gasteiger charge is -2.31. The summed E-state index contributed by atoms with van der Waals surface area (Å²) in [6.45, 7) is 4.79. The van der Waals surface area contributed by atoms with Crippen LogP contribution in [0.2, 0.25) is 0 Å². The third-order valence-corrected chi connectivity index (χ3v) is 3.91. The number of benzene rings is 1. The number of Topliss-reactive ketones (excluding diaryl/α,β-unsaturated/α-hetero) is 1. The van der Waals surface area contributed by atoms with Gasteiger partial charge in [-0.2, -0.15) is 13.2 Å². The zero-order valence-electron chi connectivity index (χ0n) is 12.1. The summed E-state index contributed by atoms with van der Waals surface area (Å²) < 4.78 is 37.6. The van der Waals surface area contributed by atoms with Gasteiger partial charge in [0.15, 0.2) is 5.78 Å². The molecule has 1 saturated heterocycles. The average Bonchev–Trinajstić information content (AvgIpc) is 2.46. The fourth-order valence-electron chi connectivity index (χ4n) is 2.85. The number of hydrogen-bond donors (Lipinski definition) is 0. The molecule has 1 fully saturated rings. The van der Waals surface area contributed by atoms with E-state index in [1.165, 1.54) is 12.1 Å². The number of ketones is 1. The zero-order valence-corrected chi connectivity index (χ0v) is 12.1. The number of carbonyl (C=O) groups is 1. The van der Waals surface area contributed by atoms with Gasteiger partial charge in [0.2, 0.25) is 0 Å². The molecule has 116 valence electrons. The second-order valence-electron chi connectivity index (χ2n) is 5.58. The maximum absolute atomic E-state index is 12.5. The Hall–Kier alpha value is -1.36. The molecule has 0 bridgehead atoms. The summed E-state index contributed by atoms with van der Waals surface area (Å²) in [5, 5.41) is 0. The van der Waals surface area contributed by atoms with Gasteiger partial charge in [0.1, 0.15) is 0 Å². The number of hydrogen-bond acceptors (Lipinski definition) is 2. The predicted octanol–water partition coefficient (Wildman–Crippen LogP) is 4.01. The van der Waals surface area contributed by atoms with E-state index in [1.807, 2.05) is 0 Å². The van der Waals surface area contributed by atoms with Crippen molar-refractivity contribution in [1.82, 2.24) is 4.90 Å². The Kier molecular flexibility index (Phi) is 5.04. The molecular formula is C16H20F3NO. The van der Waals surface area contributed by atoms with Crippen LogP contribution < -0.4 is 0 Å². The minimum atomic E-state index is -4.36. The molecule has 1 unspecified atom stereocenters. The monoisotopic (exact) mass is 299 g/mol. The summed E-state index contributed by atoms with van der Waals surface area (Å²) in [4.78, 5) is 14.7. The molecule has 0 radical (unpaired) electrons. The molecule has 2 nitrogen and oxygen atoms in total. The number of alkyl halides is 3. The third-order valence-electron chi connectivity index (χ3n) is 3.91. The topological polar surface area (TPSA) is 20.3 Å². The molecule has 1 aromatic carbocycles. The van der Waals surface area contributed by atoms with E-state index in [1.54, 1.807) is 0 Å². The zero-order chi connectivity index (χ0) is 15.5. The molecule has 1 atom stereocenters. The van der Waals surface area contributed by atoms with Gasteiger partial charge >= 0.3 is 6.18 Å². The Morgan fingerprint density at radius 3 is 2.52 bits per heavy atom. The van der Waals surface area contributed by atoms with Crippen LogP contribution >= 0.6 is 0 Å². The van der Waals surface area contributed by atoms with E-state index in [4.69, 9.17) is 0 Å². The van der Waals surface area contributed by atoms with Gasteiger partial charge in [-0.1, -0.05) is 19.1 Å². The van der Waals surface area contributed by atoms with Crippen molar-refractivity contribution >= 4 is 5.78 Å². The van der Waals surface area contributed by atoms with Gasteiger partial charge in [-0.25, -0.2) is 0 Å². The van der Waals surface area contributed by atoms with Crippen LogP contribution in [0.15, 0.2) is 24.3 Å². The van der Waals surface area contributed by atoms with E-state index in [9.17, 15) is 18.0 Å². The standard InChI is InChI=1S/C16H20F3NO/c1-2-9-20-10-3-4-13(11-20)15(21)12-5-7-14(8-6-12)16(17,18)19/h5-8,13H,2-4,9-11H2,1H3. The van der Waals surface area contributed by atoms with Crippen LogP contribution in [-0.4, -0.2) is 30.3 Å². The molecule has 2 rings (SSSR count). The fourth-order valence-corrected chi connectivity index (χ4v) is 2.85. The first-order valence-corrected chi connectivity index (χ1v) is 7.35. The number of likely N-dealkylation sites (tertiary alicyclic amines) is 1. The van der Waals surface area contributed by atoms with Crippen molar-refractivity contribution in [1.29, 1.82) is 0 Å². The Bertz CT molecular complexity index is 479. The van der Waals surface area contributed by atoms with Crippen LogP contribution in [0.5, 0.6) is 0 Å². The number of rotatable bonds is 4. The van der Waals surface area contributed by atoms with Crippen molar-refractivity contribution in [3.63, 3.8) is 0 Å². The Labute approximate surface area is 122 Å². The lowest BCUT2D eigenvalue weighted by Crippen LogP contribution is -2.39. The van der Waals surface area contributed by atoms with Crippen molar-refractivity contribution in [3.05, 3.63) is 35.4 Å². The van der Waals surface area contributed by atoms with Gasteiger partial charge in [0, 0.05) is 18.0 Å². The van der Waals surface area contributed by atoms with E-state index in [0.717, 1.165) is 44.5 Å². The lowest BCUT2D eigenvalue weighted by molar-refractivity contribution is -0.137. The molecule has 1 heterocycles. The Morgan fingerprint density at radius 2 is 1.95 bits per heavy atom. The first-order valence-electron chi connectivity index (χ1n) is 7.35. The van der Waals surface area contributed by atoms with Crippen LogP contribution in [-0.2, 0) is 6.18 Å². The predicted molar refractivity (Wildman–Crippen MR) is 75.2 cm³/mol. The summed E-state index contributed by atoms with van der Waals surface area (Å²) in [5.74, 6) is -0.133. The summed E-state index contributed by atoms with van der Waals surface area (Å²) in [5.41, 5.74) is -0.332. The van der Waals surface area contributed by atoms with Crippen LogP contribution in [0.4, 0.5) is 13.2 Å². The number of halogens is 3. The lowest BCUT2D eigenvalue weighted by atomic mass is 9.89. The summed E-state index contributed by atoms with van der Waals surface area (Å²) in [6.07, 6.45) is -1.53. The molecule has 0 saturated carbocycles. The van der Waals surface area contributed by atoms with Gasteiger partial charge in [-0.15, -0.1) is 0 Å². The average molecular weight is 299 g/mol. The van der Waals surface area contributed by atoms with E-state index < -0.39 is 11.7 Å².